The number of ether oxygens (including phenoxy) is 1. The molecule has 0 saturated carbocycles. The van der Waals surface area contributed by atoms with Gasteiger partial charge in [0, 0.05) is 17.9 Å². The van der Waals surface area contributed by atoms with Gasteiger partial charge in [0.2, 0.25) is 0 Å². The number of anilines is 2. The summed E-state index contributed by atoms with van der Waals surface area (Å²) in [6.45, 7) is 1.95. The molecule has 2 heterocycles. The standard InChI is InChI=1S/C23H18F3N5O3/c1-13-12-30(17-6-3-15(4-7-17)23(24,25)26)22(33)20-18(11-28-31(13)20)21(32)29-16-5-8-19(34-2)14(9-16)10-27/h3-9,11,13H,12H2,1-2H3,(H,29,32). The first kappa shape index (κ1) is 22.8. The van der Waals surface area contributed by atoms with Gasteiger partial charge in [-0.15, -0.1) is 0 Å². The quantitative estimate of drug-likeness (QED) is 0.616. The van der Waals surface area contributed by atoms with E-state index in [0.717, 1.165) is 12.1 Å². The maximum absolute atomic E-state index is 13.3. The number of nitrogens with zero attached hydrogens (tertiary/aromatic N) is 4. The van der Waals surface area contributed by atoms with E-state index >= 15 is 0 Å². The predicted molar refractivity (Wildman–Crippen MR) is 116 cm³/mol. The Morgan fingerprint density at radius 2 is 1.94 bits per heavy atom. The molecular weight excluding hydrogens is 451 g/mol. The van der Waals surface area contributed by atoms with Gasteiger partial charge >= 0.3 is 6.18 Å². The Labute approximate surface area is 192 Å². The zero-order valence-electron chi connectivity index (χ0n) is 18.1. The second-order valence-corrected chi connectivity index (χ2v) is 7.64. The molecule has 1 unspecified atom stereocenters. The van der Waals surface area contributed by atoms with Crippen molar-refractivity contribution in [1.29, 1.82) is 5.26 Å². The highest BCUT2D eigenvalue weighted by Gasteiger charge is 2.36. The smallest absolute Gasteiger partial charge is 0.416 e. The van der Waals surface area contributed by atoms with Crippen molar-refractivity contribution in [1.82, 2.24) is 9.78 Å². The van der Waals surface area contributed by atoms with Crippen LogP contribution in [0.1, 0.15) is 44.9 Å². The second kappa shape index (κ2) is 8.55. The summed E-state index contributed by atoms with van der Waals surface area (Å²) in [6.07, 6.45) is -3.22. The van der Waals surface area contributed by atoms with E-state index in [9.17, 15) is 28.0 Å². The molecule has 1 aliphatic heterocycles. The van der Waals surface area contributed by atoms with Gasteiger partial charge in [0.05, 0.1) is 36.0 Å². The van der Waals surface area contributed by atoms with Gasteiger partial charge in [-0.1, -0.05) is 0 Å². The van der Waals surface area contributed by atoms with Crippen LogP contribution in [0.2, 0.25) is 0 Å². The Hall–Kier alpha value is -4.33. The molecule has 1 N–H and O–H groups in total. The van der Waals surface area contributed by atoms with E-state index < -0.39 is 23.6 Å². The Kier molecular flexibility index (Phi) is 5.75. The number of hydrogen-bond donors (Lipinski definition) is 1. The van der Waals surface area contributed by atoms with Gasteiger partial charge in [0.15, 0.2) is 0 Å². The van der Waals surface area contributed by atoms with E-state index in [1.165, 1.54) is 47.2 Å². The fraction of sp³-hybridized carbons (Fsp3) is 0.217. The lowest BCUT2D eigenvalue weighted by Crippen LogP contribution is -2.43. The van der Waals surface area contributed by atoms with Gasteiger partial charge in [-0.3, -0.25) is 14.3 Å². The molecular formula is C23H18F3N5O3. The summed E-state index contributed by atoms with van der Waals surface area (Å²) in [7, 11) is 1.42. The highest BCUT2D eigenvalue weighted by atomic mass is 19.4. The van der Waals surface area contributed by atoms with Crippen LogP contribution in [-0.4, -0.2) is 35.2 Å². The number of nitrogens with one attached hydrogen (secondary N) is 1. The number of rotatable bonds is 4. The van der Waals surface area contributed by atoms with Gasteiger partial charge in [-0.2, -0.15) is 23.5 Å². The zero-order chi connectivity index (χ0) is 24.6. The molecule has 11 heteroatoms. The Balaban J connectivity index is 1.63. The number of methoxy groups -OCH3 is 1. The number of carbonyl (C=O) groups is 2. The first-order valence-corrected chi connectivity index (χ1v) is 10.1. The highest BCUT2D eigenvalue weighted by Crippen LogP contribution is 2.33. The number of benzene rings is 2. The lowest BCUT2D eigenvalue weighted by molar-refractivity contribution is -0.137. The van der Waals surface area contributed by atoms with E-state index in [1.807, 2.05) is 6.07 Å². The fourth-order valence-corrected chi connectivity index (χ4v) is 3.75. The minimum absolute atomic E-state index is 0.00258. The molecule has 3 aromatic rings. The van der Waals surface area contributed by atoms with E-state index in [1.54, 1.807) is 13.0 Å². The summed E-state index contributed by atoms with van der Waals surface area (Å²) in [5, 5.41) is 16.1. The van der Waals surface area contributed by atoms with E-state index in [4.69, 9.17) is 4.74 Å². The minimum atomic E-state index is -4.49. The monoisotopic (exact) mass is 469 g/mol. The molecule has 1 aromatic heterocycles. The molecule has 0 fully saturated rings. The third-order valence-electron chi connectivity index (χ3n) is 5.44. The van der Waals surface area contributed by atoms with Crippen molar-refractivity contribution < 1.29 is 27.5 Å². The molecule has 2 amide bonds. The molecule has 0 aliphatic carbocycles. The molecule has 2 aromatic carbocycles. The van der Waals surface area contributed by atoms with Gasteiger partial charge in [0.25, 0.3) is 11.8 Å². The van der Waals surface area contributed by atoms with Crippen LogP contribution in [0.4, 0.5) is 24.5 Å². The van der Waals surface area contributed by atoms with Crippen molar-refractivity contribution in [2.24, 2.45) is 0 Å². The van der Waals surface area contributed by atoms with Crippen LogP contribution in [-0.2, 0) is 6.18 Å². The normalized spacial score (nSPS) is 15.5. The van der Waals surface area contributed by atoms with E-state index in [0.29, 0.717) is 11.4 Å². The van der Waals surface area contributed by atoms with Crippen LogP contribution in [0, 0.1) is 11.3 Å². The molecule has 0 saturated heterocycles. The largest absolute Gasteiger partial charge is 0.495 e. The van der Waals surface area contributed by atoms with Crippen molar-refractivity contribution in [2.75, 3.05) is 23.9 Å². The lowest BCUT2D eigenvalue weighted by Gasteiger charge is -2.32. The topological polar surface area (TPSA) is 100 Å². The number of fused-ring (bicyclic) bond motifs is 1. The van der Waals surface area contributed by atoms with Crippen molar-refractivity contribution in [3.05, 3.63) is 71.0 Å². The number of nitriles is 1. The lowest BCUT2D eigenvalue weighted by atomic mass is 10.1. The first-order valence-electron chi connectivity index (χ1n) is 10.1. The number of amides is 2. The zero-order valence-corrected chi connectivity index (χ0v) is 18.1. The fourth-order valence-electron chi connectivity index (χ4n) is 3.75. The van der Waals surface area contributed by atoms with Gasteiger partial charge in [-0.25, -0.2) is 0 Å². The van der Waals surface area contributed by atoms with E-state index in [-0.39, 0.29) is 35.1 Å². The molecule has 8 nitrogen and oxygen atoms in total. The number of carbonyl (C=O) groups excluding carboxylic acids is 2. The maximum atomic E-state index is 13.3. The first-order chi connectivity index (χ1) is 16.1. The molecule has 34 heavy (non-hydrogen) atoms. The van der Waals surface area contributed by atoms with Crippen LogP contribution < -0.4 is 15.0 Å². The molecule has 0 bridgehead atoms. The Morgan fingerprint density at radius 3 is 2.56 bits per heavy atom. The van der Waals surface area contributed by atoms with E-state index in [2.05, 4.69) is 10.4 Å². The molecule has 1 atom stereocenters. The molecule has 4 rings (SSSR count). The Morgan fingerprint density at radius 1 is 1.24 bits per heavy atom. The van der Waals surface area contributed by atoms with Crippen LogP contribution in [0.5, 0.6) is 5.75 Å². The second-order valence-electron chi connectivity index (χ2n) is 7.64. The predicted octanol–water partition coefficient (Wildman–Crippen LogP) is 4.26. The van der Waals surface area contributed by atoms with Crippen molar-refractivity contribution in [3.63, 3.8) is 0 Å². The number of hydrogen-bond acceptors (Lipinski definition) is 5. The third kappa shape index (κ3) is 4.05. The van der Waals surface area contributed by atoms with Crippen molar-refractivity contribution >= 4 is 23.2 Å². The summed E-state index contributed by atoms with van der Waals surface area (Å²) in [5.74, 6) is -0.835. The van der Waals surface area contributed by atoms with Crippen LogP contribution in [0.3, 0.4) is 0 Å². The summed E-state index contributed by atoms with van der Waals surface area (Å²) >= 11 is 0. The number of alkyl halides is 3. The third-order valence-corrected chi connectivity index (χ3v) is 5.44. The van der Waals surface area contributed by atoms with Crippen LogP contribution in [0.25, 0.3) is 0 Å². The molecule has 0 spiro atoms. The summed E-state index contributed by atoms with van der Waals surface area (Å²) in [6, 6.07) is 10.4. The maximum Gasteiger partial charge on any atom is 0.416 e. The van der Waals surface area contributed by atoms with Crippen LogP contribution >= 0.6 is 0 Å². The number of halogens is 3. The van der Waals surface area contributed by atoms with Crippen molar-refractivity contribution in [3.8, 4) is 11.8 Å². The average molecular weight is 469 g/mol. The van der Waals surface area contributed by atoms with Crippen molar-refractivity contribution in [2.45, 2.75) is 19.1 Å². The van der Waals surface area contributed by atoms with Gasteiger partial charge in [-0.05, 0) is 49.4 Å². The SMILES string of the molecule is COc1ccc(NC(=O)c2cnn3c2C(=O)N(c2ccc(C(F)(F)F)cc2)CC3C)cc1C#N. The molecule has 0 radical (unpaired) electrons. The van der Waals surface area contributed by atoms with Gasteiger partial charge < -0.3 is 15.0 Å². The molecule has 1 aliphatic rings. The molecule has 174 valence electrons. The summed E-state index contributed by atoms with van der Waals surface area (Å²) in [4.78, 5) is 27.6. The van der Waals surface area contributed by atoms with Crippen LogP contribution in [0.15, 0.2) is 48.7 Å². The summed E-state index contributed by atoms with van der Waals surface area (Å²) < 4.78 is 45.2. The number of aromatic nitrogens is 2. The highest BCUT2D eigenvalue weighted by molar-refractivity contribution is 6.15. The average Bonchev–Trinajstić information content (AvgIpc) is 3.27. The Bertz CT molecular complexity index is 1310. The van der Waals surface area contributed by atoms with Gasteiger partial charge in [0.1, 0.15) is 17.5 Å². The summed E-state index contributed by atoms with van der Waals surface area (Å²) in [5.41, 5.74) is 0.00855. The minimum Gasteiger partial charge on any atom is -0.495 e.